The average molecular weight is 297 g/mol. The van der Waals surface area contributed by atoms with Crippen molar-refractivity contribution in [3.8, 4) is 0 Å². The number of ketones is 1. The van der Waals surface area contributed by atoms with Crippen molar-refractivity contribution in [3.05, 3.63) is 32.3 Å². The molecule has 0 atom stereocenters. The van der Waals surface area contributed by atoms with Crippen LogP contribution in [-0.2, 0) is 4.79 Å². The number of nitrogens with zero attached hydrogens (tertiary/aromatic N) is 1. The van der Waals surface area contributed by atoms with Crippen LogP contribution in [0.1, 0.15) is 45.4 Å². The summed E-state index contributed by atoms with van der Waals surface area (Å²) in [5, 5.41) is 7.35. The highest BCUT2D eigenvalue weighted by atomic mass is 32.2. The van der Waals surface area contributed by atoms with Gasteiger partial charge in [0.2, 0.25) is 0 Å². The monoisotopic (exact) mass is 297 g/mol. The molecular formula is C13H19N3O3S. The Hall–Kier alpha value is -1.63. The number of allylic oxidation sites excluding steroid dienone is 1. The van der Waals surface area contributed by atoms with E-state index in [0.29, 0.717) is 6.42 Å². The first kappa shape index (κ1) is 16.4. The number of hydrogen-bond acceptors (Lipinski definition) is 5. The predicted octanol–water partition coefficient (Wildman–Crippen LogP) is 1.99. The molecule has 0 bridgehead atoms. The Kier molecular flexibility index (Phi) is 7.64. The van der Waals surface area contributed by atoms with Crippen LogP contribution in [0, 0.1) is 0 Å². The van der Waals surface area contributed by atoms with Crippen LogP contribution in [0.3, 0.4) is 0 Å². The number of carbonyl (C=O) groups is 1. The summed E-state index contributed by atoms with van der Waals surface area (Å²) in [6.07, 6.45) is 7.49. The van der Waals surface area contributed by atoms with Crippen molar-refractivity contribution >= 4 is 17.5 Å². The van der Waals surface area contributed by atoms with Crippen LogP contribution in [-0.4, -0.2) is 21.0 Å². The molecule has 7 heteroatoms. The van der Waals surface area contributed by atoms with Gasteiger partial charge in [0.1, 0.15) is 0 Å². The van der Waals surface area contributed by atoms with Crippen molar-refractivity contribution in [2.24, 2.45) is 0 Å². The summed E-state index contributed by atoms with van der Waals surface area (Å²) in [4.78, 5) is 35.7. The molecule has 0 spiro atoms. The lowest BCUT2D eigenvalue weighted by atomic mass is 10.1. The minimum atomic E-state index is -0.647. The Morgan fingerprint density at radius 1 is 1.25 bits per heavy atom. The molecule has 0 radical (unpaired) electrons. The van der Waals surface area contributed by atoms with Gasteiger partial charge in [0.15, 0.2) is 10.8 Å². The first-order valence-corrected chi connectivity index (χ1v) is 7.56. The molecule has 0 aromatic carbocycles. The van der Waals surface area contributed by atoms with Crippen LogP contribution in [0.25, 0.3) is 0 Å². The minimum Gasteiger partial charge on any atom is -0.295 e. The third-order valence-electron chi connectivity index (χ3n) is 2.64. The number of unbranched alkanes of at least 4 members (excludes halogenated alkanes) is 4. The van der Waals surface area contributed by atoms with Gasteiger partial charge in [0, 0.05) is 6.42 Å². The number of rotatable bonds is 9. The van der Waals surface area contributed by atoms with E-state index in [-0.39, 0.29) is 10.8 Å². The highest BCUT2D eigenvalue weighted by molar-refractivity contribution is 8.02. The largest absolute Gasteiger partial charge is 0.342 e. The van der Waals surface area contributed by atoms with Crippen molar-refractivity contribution in [2.45, 2.75) is 50.5 Å². The summed E-state index contributed by atoms with van der Waals surface area (Å²) >= 11 is 1.01. The van der Waals surface area contributed by atoms with E-state index >= 15 is 0 Å². The molecule has 0 fully saturated rings. The van der Waals surface area contributed by atoms with Crippen molar-refractivity contribution in [1.82, 2.24) is 15.2 Å². The van der Waals surface area contributed by atoms with Gasteiger partial charge in [-0.25, -0.2) is 9.89 Å². The Balaban J connectivity index is 2.31. The van der Waals surface area contributed by atoms with Gasteiger partial charge in [0.25, 0.3) is 5.56 Å². The topological polar surface area (TPSA) is 95.7 Å². The second-order valence-corrected chi connectivity index (χ2v) is 5.26. The molecule has 0 saturated heterocycles. The maximum Gasteiger partial charge on any atom is 0.342 e. The standard InChI is InChI=1S/C13H19N3O3S/c1-2-3-4-5-6-7-10(17)8-9-20-12-11(18)14-13(19)16-15-12/h8-9H,2-7H2,1H3,(H2,14,16,18,19)/b9-8+. The third-order valence-corrected chi connectivity index (χ3v) is 3.41. The fourth-order valence-corrected chi connectivity index (χ4v) is 2.18. The van der Waals surface area contributed by atoms with E-state index in [9.17, 15) is 14.4 Å². The summed E-state index contributed by atoms with van der Waals surface area (Å²) in [5.41, 5.74) is -1.21. The molecule has 1 aromatic rings. The van der Waals surface area contributed by atoms with Gasteiger partial charge in [-0.05, 0) is 17.9 Å². The number of thioether (sulfide) groups is 1. The van der Waals surface area contributed by atoms with E-state index in [2.05, 4.69) is 22.1 Å². The molecule has 6 nitrogen and oxygen atoms in total. The van der Waals surface area contributed by atoms with Gasteiger partial charge in [-0.2, -0.15) is 5.10 Å². The summed E-state index contributed by atoms with van der Waals surface area (Å²) in [7, 11) is 0. The van der Waals surface area contributed by atoms with Gasteiger partial charge in [-0.1, -0.05) is 44.4 Å². The highest BCUT2D eigenvalue weighted by Crippen LogP contribution is 2.11. The van der Waals surface area contributed by atoms with Crippen LogP contribution in [0.2, 0.25) is 0 Å². The zero-order valence-corrected chi connectivity index (χ0v) is 12.3. The minimum absolute atomic E-state index is 0.0369. The first-order chi connectivity index (χ1) is 9.63. The maximum absolute atomic E-state index is 11.5. The second kappa shape index (κ2) is 9.30. The van der Waals surface area contributed by atoms with Crippen molar-refractivity contribution in [1.29, 1.82) is 0 Å². The fourth-order valence-electron chi connectivity index (χ4n) is 1.58. The molecule has 1 rings (SSSR count). The SMILES string of the molecule is CCCCCCCC(=O)/C=C/Sc1n[nH]c(=O)[nH]c1=O. The smallest absolute Gasteiger partial charge is 0.295 e. The normalized spacial score (nSPS) is 11.1. The molecule has 1 heterocycles. The molecular weight excluding hydrogens is 278 g/mol. The Bertz CT molecular complexity index is 562. The molecule has 20 heavy (non-hydrogen) atoms. The summed E-state index contributed by atoms with van der Waals surface area (Å²) in [6.45, 7) is 2.15. The Labute approximate surface area is 121 Å². The Morgan fingerprint density at radius 3 is 2.70 bits per heavy atom. The van der Waals surface area contributed by atoms with Gasteiger partial charge in [0.05, 0.1) is 0 Å². The van der Waals surface area contributed by atoms with Crippen LogP contribution >= 0.6 is 11.8 Å². The molecule has 2 N–H and O–H groups in total. The summed E-state index contributed by atoms with van der Waals surface area (Å²) < 4.78 is 0. The summed E-state index contributed by atoms with van der Waals surface area (Å²) in [6, 6.07) is 0. The van der Waals surface area contributed by atoms with Crippen molar-refractivity contribution < 1.29 is 4.79 Å². The number of H-pyrrole nitrogens is 2. The first-order valence-electron chi connectivity index (χ1n) is 6.68. The zero-order chi connectivity index (χ0) is 14.8. The molecule has 0 aliphatic heterocycles. The number of aromatic amines is 2. The molecule has 0 amide bonds. The van der Waals surface area contributed by atoms with E-state index < -0.39 is 11.2 Å². The summed E-state index contributed by atoms with van der Waals surface area (Å²) in [5.74, 6) is 0.0369. The quantitative estimate of drug-likeness (QED) is 0.413. The Morgan fingerprint density at radius 2 is 2.00 bits per heavy atom. The van der Waals surface area contributed by atoms with Crippen molar-refractivity contribution in [3.63, 3.8) is 0 Å². The number of carbonyl (C=O) groups excluding carboxylic acids is 1. The average Bonchev–Trinajstić information content (AvgIpc) is 2.41. The molecule has 0 unspecified atom stereocenters. The van der Waals surface area contributed by atoms with E-state index in [1.807, 2.05) is 0 Å². The third kappa shape index (κ3) is 6.51. The number of aromatic nitrogens is 3. The molecule has 0 saturated carbocycles. The lowest BCUT2D eigenvalue weighted by Gasteiger charge is -1.97. The zero-order valence-electron chi connectivity index (χ0n) is 11.5. The second-order valence-electron chi connectivity index (χ2n) is 4.36. The van der Waals surface area contributed by atoms with E-state index in [0.717, 1.165) is 24.6 Å². The number of hydrogen-bond donors (Lipinski definition) is 2. The van der Waals surface area contributed by atoms with Gasteiger partial charge in [-0.3, -0.25) is 14.6 Å². The van der Waals surface area contributed by atoms with E-state index in [1.165, 1.54) is 30.7 Å². The molecule has 1 aromatic heterocycles. The molecule has 110 valence electrons. The molecule has 0 aliphatic rings. The van der Waals surface area contributed by atoms with E-state index in [1.54, 1.807) is 0 Å². The van der Waals surface area contributed by atoms with E-state index in [4.69, 9.17) is 0 Å². The lowest BCUT2D eigenvalue weighted by molar-refractivity contribution is -0.114. The fraction of sp³-hybridized carbons (Fsp3) is 0.538. The molecule has 0 aliphatic carbocycles. The predicted molar refractivity (Wildman–Crippen MR) is 78.9 cm³/mol. The van der Waals surface area contributed by atoms with Gasteiger partial charge in [-0.15, -0.1) is 0 Å². The van der Waals surface area contributed by atoms with Gasteiger partial charge >= 0.3 is 5.69 Å². The van der Waals surface area contributed by atoms with Crippen LogP contribution < -0.4 is 11.2 Å². The maximum atomic E-state index is 11.5. The van der Waals surface area contributed by atoms with Crippen LogP contribution in [0.5, 0.6) is 0 Å². The van der Waals surface area contributed by atoms with Crippen LogP contribution in [0.4, 0.5) is 0 Å². The lowest BCUT2D eigenvalue weighted by Crippen LogP contribution is -2.24. The van der Waals surface area contributed by atoms with Gasteiger partial charge < -0.3 is 0 Å². The van der Waals surface area contributed by atoms with Crippen LogP contribution in [0.15, 0.2) is 26.1 Å². The highest BCUT2D eigenvalue weighted by Gasteiger charge is 2.01. The van der Waals surface area contributed by atoms with Crippen molar-refractivity contribution in [2.75, 3.05) is 0 Å². The number of nitrogens with one attached hydrogen (secondary N) is 2.